The predicted octanol–water partition coefficient (Wildman–Crippen LogP) is 3.91. The van der Waals surface area contributed by atoms with Crippen LogP contribution in [0.5, 0.6) is 0 Å². The molecule has 2 rings (SSSR count). The molecule has 2 N–H and O–H groups in total. The van der Waals surface area contributed by atoms with Crippen LogP contribution in [0.25, 0.3) is 0 Å². The van der Waals surface area contributed by atoms with Gasteiger partial charge in [0, 0.05) is 13.1 Å². The summed E-state index contributed by atoms with van der Waals surface area (Å²) in [6, 6.07) is 0. The number of hydrogen-bond acceptors (Lipinski definition) is 5. The van der Waals surface area contributed by atoms with Gasteiger partial charge >= 0.3 is 15.7 Å². The highest BCUT2D eigenvalue weighted by molar-refractivity contribution is 7.79. The standard InChI is InChI=1S/C2H6F4N5P3/c3-12(4)9-13(5,6)11-14(10-12)7-1-2-8-14/h7-8H,1-2H2. The third-order valence-corrected chi connectivity index (χ3v) is 8.32. The van der Waals surface area contributed by atoms with Crippen molar-refractivity contribution in [3.05, 3.63) is 0 Å². The molecular formula is C2H6F4N5P3. The maximum atomic E-state index is 12.8. The van der Waals surface area contributed by atoms with Gasteiger partial charge in [0.25, 0.3) is 0 Å². The fourth-order valence-electron chi connectivity index (χ4n) is 1.10. The monoisotopic (exact) mass is 269 g/mol. The number of halogens is 4. The van der Waals surface area contributed by atoms with E-state index in [0.29, 0.717) is 13.1 Å². The molecule has 5 nitrogen and oxygen atoms in total. The van der Waals surface area contributed by atoms with Crippen LogP contribution in [0.2, 0.25) is 0 Å². The lowest BCUT2D eigenvalue weighted by atomic mass is 10.7. The Morgan fingerprint density at radius 2 is 1.29 bits per heavy atom. The topological polar surface area (TPSA) is 61.1 Å². The van der Waals surface area contributed by atoms with Crippen LogP contribution in [0.1, 0.15) is 0 Å². The van der Waals surface area contributed by atoms with E-state index in [1.165, 1.54) is 0 Å². The summed E-state index contributed by atoms with van der Waals surface area (Å²) in [5, 5.41) is 4.97. The molecule has 2 aliphatic rings. The summed E-state index contributed by atoms with van der Waals surface area (Å²) in [4.78, 5) is 0. The molecule has 12 heteroatoms. The first-order valence-electron chi connectivity index (χ1n) is 3.53. The Bertz CT molecular complexity index is 399. The van der Waals surface area contributed by atoms with E-state index in [2.05, 4.69) is 23.7 Å². The summed E-state index contributed by atoms with van der Waals surface area (Å²) >= 11 is 0. The summed E-state index contributed by atoms with van der Waals surface area (Å²) < 4.78 is 59.4. The largest absolute Gasteiger partial charge is 0.423 e. The van der Waals surface area contributed by atoms with E-state index in [4.69, 9.17) is 0 Å². The maximum absolute atomic E-state index is 12.8. The molecule has 2 aliphatic heterocycles. The molecular weight excluding hydrogens is 263 g/mol. The van der Waals surface area contributed by atoms with Crippen molar-refractivity contribution in [2.45, 2.75) is 0 Å². The first-order valence-corrected chi connectivity index (χ1v) is 8.18. The predicted molar refractivity (Wildman–Crippen MR) is 48.5 cm³/mol. The molecule has 0 bridgehead atoms. The van der Waals surface area contributed by atoms with Gasteiger partial charge in [-0.05, 0) is 0 Å². The molecule has 0 atom stereocenters. The minimum Gasteiger partial charge on any atom is -0.252 e. The Balaban J connectivity index is 2.62. The zero-order chi connectivity index (χ0) is 10.4. The molecule has 0 aromatic carbocycles. The Labute approximate surface area is 77.6 Å². The molecule has 0 aromatic heterocycles. The van der Waals surface area contributed by atoms with Crippen molar-refractivity contribution >= 4 is 23.2 Å². The number of hydrogen-bond donors (Lipinski definition) is 2. The first kappa shape index (κ1) is 10.8. The number of rotatable bonds is 0. The fraction of sp³-hybridized carbons (Fsp3) is 1.00. The van der Waals surface area contributed by atoms with Crippen molar-refractivity contribution < 1.29 is 16.8 Å². The van der Waals surface area contributed by atoms with Gasteiger partial charge in [-0.3, -0.25) is 10.2 Å². The van der Waals surface area contributed by atoms with Crippen molar-refractivity contribution in [1.82, 2.24) is 10.2 Å². The van der Waals surface area contributed by atoms with Crippen LogP contribution >= 0.6 is 23.2 Å². The van der Waals surface area contributed by atoms with Crippen LogP contribution in [0.15, 0.2) is 13.5 Å². The fourth-order valence-corrected chi connectivity index (χ4v) is 7.99. The molecule has 0 unspecified atom stereocenters. The van der Waals surface area contributed by atoms with Crippen LogP contribution in [0.4, 0.5) is 16.8 Å². The van der Waals surface area contributed by atoms with Crippen LogP contribution in [-0.2, 0) is 0 Å². The van der Waals surface area contributed by atoms with Crippen LogP contribution in [-0.4, -0.2) is 13.1 Å². The lowest BCUT2D eigenvalue weighted by Gasteiger charge is -2.19. The second kappa shape index (κ2) is 3.16. The van der Waals surface area contributed by atoms with Crippen LogP contribution in [0, 0.1) is 0 Å². The molecule has 2 heterocycles. The Hall–Kier alpha value is 0.330. The molecule has 0 saturated carbocycles. The third kappa shape index (κ3) is 2.12. The Kier molecular flexibility index (Phi) is 2.44. The molecule has 0 aliphatic carbocycles. The highest BCUT2D eigenvalue weighted by Gasteiger charge is 2.39. The second-order valence-electron chi connectivity index (χ2n) is 2.60. The van der Waals surface area contributed by atoms with Gasteiger partial charge in [-0.1, -0.05) is 0 Å². The van der Waals surface area contributed by atoms with Gasteiger partial charge in [-0.2, -0.15) is 9.03 Å². The van der Waals surface area contributed by atoms with Gasteiger partial charge < -0.3 is 0 Å². The van der Waals surface area contributed by atoms with E-state index in [1.807, 2.05) is 0 Å². The molecule has 1 fully saturated rings. The van der Waals surface area contributed by atoms with Gasteiger partial charge in [0.15, 0.2) is 0 Å². The van der Waals surface area contributed by atoms with E-state index < -0.39 is 23.2 Å². The average molecular weight is 269 g/mol. The molecule has 14 heavy (non-hydrogen) atoms. The molecule has 1 spiro atoms. The van der Waals surface area contributed by atoms with E-state index in [-0.39, 0.29) is 0 Å². The van der Waals surface area contributed by atoms with Crippen LogP contribution < -0.4 is 10.2 Å². The zero-order valence-corrected chi connectivity index (χ0v) is 9.29. The van der Waals surface area contributed by atoms with Gasteiger partial charge in [0.1, 0.15) is 0 Å². The van der Waals surface area contributed by atoms with E-state index in [1.54, 1.807) is 0 Å². The zero-order valence-electron chi connectivity index (χ0n) is 6.61. The molecule has 1 saturated heterocycles. The summed E-state index contributed by atoms with van der Waals surface area (Å²) in [5.74, 6) is 0. The lowest BCUT2D eigenvalue weighted by molar-refractivity contribution is 0.700. The molecule has 0 amide bonds. The quantitative estimate of drug-likeness (QED) is 0.517. The van der Waals surface area contributed by atoms with Crippen molar-refractivity contribution in [1.29, 1.82) is 0 Å². The van der Waals surface area contributed by atoms with Gasteiger partial charge in [0.05, 0.1) is 0 Å². The summed E-state index contributed by atoms with van der Waals surface area (Å²) in [7, 11) is -13.6. The third-order valence-electron chi connectivity index (χ3n) is 1.48. The Morgan fingerprint density at radius 1 is 0.786 bits per heavy atom. The highest BCUT2D eigenvalue weighted by Crippen LogP contribution is 2.79. The van der Waals surface area contributed by atoms with E-state index in [0.717, 1.165) is 0 Å². The minimum absolute atomic E-state index is 0.320. The molecule has 0 radical (unpaired) electrons. The van der Waals surface area contributed by atoms with Crippen molar-refractivity contribution in [3.63, 3.8) is 0 Å². The lowest BCUT2D eigenvalue weighted by Crippen LogP contribution is -2.04. The number of nitrogens with one attached hydrogen (secondary N) is 2. The summed E-state index contributed by atoms with van der Waals surface area (Å²) in [6.07, 6.45) is 0. The van der Waals surface area contributed by atoms with E-state index >= 15 is 0 Å². The number of nitrogens with zero attached hydrogens (tertiary/aromatic N) is 3. The maximum Gasteiger partial charge on any atom is 0.423 e. The highest BCUT2D eigenvalue weighted by atomic mass is 31.3. The van der Waals surface area contributed by atoms with Gasteiger partial charge in [-0.25, -0.2) is 0 Å². The summed E-state index contributed by atoms with van der Waals surface area (Å²) in [6.45, 7) is 0.640. The smallest absolute Gasteiger partial charge is 0.252 e. The Morgan fingerprint density at radius 3 is 1.79 bits per heavy atom. The molecule has 82 valence electrons. The van der Waals surface area contributed by atoms with Crippen molar-refractivity contribution in [2.24, 2.45) is 13.5 Å². The molecule has 0 aromatic rings. The minimum atomic E-state index is -5.19. The SMILES string of the molecule is FP1(F)=NP(F)(F)=NP2(=N1)NCCN2. The van der Waals surface area contributed by atoms with Crippen LogP contribution in [0.3, 0.4) is 0 Å². The second-order valence-corrected chi connectivity index (χ2v) is 8.40. The van der Waals surface area contributed by atoms with Gasteiger partial charge in [-0.15, -0.1) is 21.3 Å². The first-order chi connectivity index (χ1) is 6.33. The van der Waals surface area contributed by atoms with Crippen molar-refractivity contribution in [3.8, 4) is 0 Å². The van der Waals surface area contributed by atoms with Gasteiger partial charge in [0.2, 0.25) is 7.51 Å². The normalized spacial score (nSPS) is 31.7. The van der Waals surface area contributed by atoms with E-state index in [9.17, 15) is 16.8 Å². The average Bonchev–Trinajstić information content (AvgIpc) is 2.27. The summed E-state index contributed by atoms with van der Waals surface area (Å²) in [5.41, 5.74) is 0. The van der Waals surface area contributed by atoms with Crippen molar-refractivity contribution in [2.75, 3.05) is 13.1 Å².